The number of anilines is 1. The lowest BCUT2D eigenvalue weighted by Crippen LogP contribution is -2.47. The molecule has 1 aromatic carbocycles. The third-order valence-electron chi connectivity index (χ3n) is 4.43. The van der Waals surface area contributed by atoms with Crippen LogP contribution in [0.2, 0.25) is 0 Å². The summed E-state index contributed by atoms with van der Waals surface area (Å²) in [5.74, 6) is 2.81. The lowest BCUT2D eigenvalue weighted by atomic mass is 9.97. The summed E-state index contributed by atoms with van der Waals surface area (Å²) in [6, 6.07) is 7.13. The molecule has 0 radical (unpaired) electrons. The van der Waals surface area contributed by atoms with Crippen LogP contribution in [0.15, 0.2) is 29.3 Å². The molecule has 0 saturated carbocycles. The predicted octanol–water partition coefficient (Wildman–Crippen LogP) is 1.85. The third-order valence-corrected chi connectivity index (χ3v) is 4.43. The summed E-state index contributed by atoms with van der Waals surface area (Å²) in [5, 5.41) is 6.02. The van der Waals surface area contributed by atoms with Crippen molar-refractivity contribution in [3.63, 3.8) is 0 Å². The van der Waals surface area contributed by atoms with Crippen LogP contribution in [0.1, 0.15) is 32.3 Å². The summed E-state index contributed by atoms with van der Waals surface area (Å²) >= 11 is 0. The molecule has 0 aromatic heterocycles. The first-order chi connectivity index (χ1) is 13.6. The number of carbonyl (C=O) groups excluding carboxylic acids is 2. The monoisotopic (exact) mass is 384 g/mol. The molecule has 150 valence electrons. The van der Waals surface area contributed by atoms with E-state index in [4.69, 9.17) is 11.2 Å². The van der Waals surface area contributed by atoms with E-state index in [2.05, 4.69) is 26.4 Å². The van der Waals surface area contributed by atoms with Crippen LogP contribution in [0.5, 0.6) is 0 Å². The second kappa shape index (κ2) is 11.0. The molecule has 7 nitrogen and oxygen atoms in total. The Balaban J connectivity index is 1.92. The number of amides is 1. The molecule has 7 heteroatoms. The maximum Gasteiger partial charge on any atom is 0.309 e. The zero-order chi connectivity index (χ0) is 20.4. The Bertz CT molecular complexity index is 746. The van der Waals surface area contributed by atoms with Gasteiger partial charge in [0.05, 0.1) is 12.5 Å². The van der Waals surface area contributed by atoms with Crippen molar-refractivity contribution in [3.05, 3.63) is 29.8 Å². The molecule has 0 aliphatic carbocycles. The first-order valence-electron chi connectivity index (χ1n) is 9.63. The third kappa shape index (κ3) is 6.31. The van der Waals surface area contributed by atoms with Crippen molar-refractivity contribution < 1.29 is 14.3 Å². The molecule has 2 rings (SSSR count). The van der Waals surface area contributed by atoms with Gasteiger partial charge in [0, 0.05) is 30.9 Å². The van der Waals surface area contributed by atoms with Gasteiger partial charge in [-0.2, -0.15) is 0 Å². The van der Waals surface area contributed by atoms with E-state index in [1.54, 1.807) is 24.3 Å². The minimum atomic E-state index is -0.217. The smallest absolute Gasteiger partial charge is 0.309 e. The molecule has 1 saturated heterocycles. The summed E-state index contributed by atoms with van der Waals surface area (Å²) in [6.45, 7) is 6.29. The second-order valence-electron chi connectivity index (χ2n) is 6.46. The van der Waals surface area contributed by atoms with Crippen molar-refractivity contribution in [1.29, 1.82) is 0 Å². The largest absolute Gasteiger partial charge is 0.466 e. The Hall–Kier alpha value is -3.01. The van der Waals surface area contributed by atoms with Crippen LogP contribution in [-0.2, 0) is 14.3 Å². The molecule has 28 heavy (non-hydrogen) atoms. The summed E-state index contributed by atoms with van der Waals surface area (Å²) < 4.78 is 5.11. The molecule has 0 unspecified atom stereocenters. The van der Waals surface area contributed by atoms with Crippen molar-refractivity contribution in [2.24, 2.45) is 10.9 Å². The van der Waals surface area contributed by atoms with E-state index in [1.807, 2.05) is 13.8 Å². The second-order valence-corrected chi connectivity index (χ2v) is 6.46. The van der Waals surface area contributed by atoms with Gasteiger partial charge in [-0.3, -0.25) is 9.59 Å². The first kappa shape index (κ1) is 21.3. The molecule has 2 N–H and O–H groups in total. The van der Waals surface area contributed by atoms with Crippen LogP contribution in [0.4, 0.5) is 5.69 Å². The average Bonchev–Trinajstić information content (AvgIpc) is 2.71. The SMILES string of the molecule is C#Cc1cccc(NC(=O)CN=C(NCC)N2CCC(C(=O)OCC)CC2)c1. The van der Waals surface area contributed by atoms with Crippen LogP contribution in [0.3, 0.4) is 0 Å². The molecule has 1 aliphatic heterocycles. The quantitative estimate of drug-likeness (QED) is 0.338. The van der Waals surface area contributed by atoms with Crippen molar-refractivity contribution in [2.75, 3.05) is 38.1 Å². The molecular weight excluding hydrogens is 356 g/mol. The summed E-state index contributed by atoms with van der Waals surface area (Å²) in [7, 11) is 0. The number of esters is 1. The molecule has 0 spiro atoms. The topological polar surface area (TPSA) is 83.0 Å². The van der Waals surface area contributed by atoms with Gasteiger partial charge in [-0.05, 0) is 44.9 Å². The number of aliphatic imine (C=N–C) groups is 1. The summed E-state index contributed by atoms with van der Waals surface area (Å²) in [6.07, 6.45) is 6.81. The number of nitrogens with zero attached hydrogens (tertiary/aromatic N) is 2. The zero-order valence-corrected chi connectivity index (χ0v) is 16.5. The Morgan fingerprint density at radius 1 is 1.32 bits per heavy atom. The highest BCUT2D eigenvalue weighted by Crippen LogP contribution is 2.18. The van der Waals surface area contributed by atoms with Crippen molar-refractivity contribution in [2.45, 2.75) is 26.7 Å². The van der Waals surface area contributed by atoms with Crippen LogP contribution < -0.4 is 10.6 Å². The highest BCUT2D eigenvalue weighted by Gasteiger charge is 2.27. The van der Waals surface area contributed by atoms with Gasteiger partial charge in [-0.1, -0.05) is 12.0 Å². The van der Waals surface area contributed by atoms with Gasteiger partial charge < -0.3 is 20.3 Å². The molecule has 1 aromatic rings. The van der Waals surface area contributed by atoms with Gasteiger partial charge in [-0.15, -0.1) is 6.42 Å². The molecule has 1 aliphatic rings. The predicted molar refractivity (Wildman–Crippen MR) is 110 cm³/mol. The van der Waals surface area contributed by atoms with E-state index in [0.29, 0.717) is 56.3 Å². The first-order valence-corrected chi connectivity index (χ1v) is 9.63. The highest BCUT2D eigenvalue weighted by atomic mass is 16.5. The fourth-order valence-electron chi connectivity index (χ4n) is 3.05. The van der Waals surface area contributed by atoms with E-state index in [1.165, 1.54) is 0 Å². The number of terminal acetylenes is 1. The zero-order valence-electron chi connectivity index (χ0n) is 16.5. The minimum absolute atomic E-state index is 0.000416. The van der Waals surface area contributed by atoms with Crippen LogP contribution in [0, 0.1) is 18.3 Å². The van der Waals surface area contributed by atoms with Crippen LogP contribution in [0.25, 0.3) is 0 Å². The molecule has 0 atom stereocenters. The fourth-order valence-corrected chi connectivity index (χ4v) is 3.05. The van der Waals surface area contributed by atoms with Crippen molar-refractivity contribution >= 4 is 23.5 Å². The van der Waals surface area contributed by atoms with Gasteiger partial charge >= 0.3 is 5.97 Å². The number of hydrogen-bond acceptors (Lipinski definition) is 4. The summed E-state index contributed by atoms with van der Waals surface area (Å²) in [5.41, 5.74) is 1.36. The molecular formula is C21H28N4O3. The van der Waals surface area contributed by atoms with E-state index in [-0.39, 0.29) is 24.3 Å². The summed E-state index contributed by atoms with van der Waals surface area (Å²) in [4.78, 5) is 30.6. The average molecular weight is 384 g/mol. The number of benzene rings is 1. The number of hydrogen-bond donors (Lipinski definition) is 2. The Morgan fingerprint density at radius 2 is 2.07 bits per heavy atom. The number of piperidine rings is 1. The molecule has 1 heterocycles. The minimum Gasteiger partial charge on any atom is -0.466 e. The van der Waals surface area contributed by atoms with Crippen LogP contribution in [-0.4, -0.2) is 55.5 Å². The van der Waals surface area contributed by atoms with Gasteiger partial charge in [0.15, 0.2) is 5.96 Å². The number of likely N-dealkylation sites (tertiary alicyclic amines) is 1. The number of rotatable bonds is 6. The maximum absolute atomic E-state index is 12.2. The van der Waals surface area contributed by atoms with Gasteiger partial charge in [0.25, 0.3) is 0 Å². The molecule has 0 bridgehead atoms. The maximum atomic E-state index is 12.2. The Labute approximate surface area is 166 Å². The Kier molecular flexibility index (Phi) is 8.35. The van der Waals surface area contributed by atoms with E-state index in [0.717, 1.165) is 0 Å². The number of nitrogens with one attached hydrogen (secondary N) is 2. The fraction of sp³-hybridized carbons (Fsp3) is 0.476. The van der Waals surface area contributed by atoms with Gasteiger partial charge in [0.2, 0.25) is 5.91 Å². The Morgan fingerprint density at radius 3 is 2.71 bits per heavy atom. The number of carbonyl (C=O) groups is 2. The molecule has 1 amide bonds. The van der Waals surface area contributed by atoms with E-state index >= 15 is 0 Å². The lowest BCUT2D eigenvalue weighted by molar-refractivity contribution is -0.149. The number of guanidine groups is 1. The number of ether oxygens (including phenoxy) is 1. The van der Waals surface area contributed by atoms with Gasteiger partial charge in [0.1, 0.15) is 6.54 Å². The van der Waals surface area contributed by atoms with E-state index in [9.17, 15) is 9.59 Å². The van der Waals surface area contributed by atoms with Gasteiger partial charge in [-0.25, -0.2) is 4.99 Å². The highest BCUT2D eigenvalue weighted by molar-refractivity contribution is 5.94. The lowest BCUT2D eigenvalue weighted by Gasteiger charge is -2.33. The van der Waals surface area contributed by atoms with Crippen LogP contribution >= 0.6 is 0 Å². The molecule has 1 fully saturated rings. The van der Waals surface area contributed by atoms with Crippen molar-refractivity contribution in [1.82, 2.24) is 10.2 Å². The standard InChI is InChI=1S/C21H28N4O3/c1-4-16-8-7-9-18(14-16)24-19(26)15-23-21(22-5-2)25-12-10-17(11-13-25)20(27)28-6-3/h1,7-9,14,17H,5-6,10-13,15H2,2-3H3,(H,22,23)(H,24,26). The van der Waals surface area contributed by atoms with Crippen molar-refractivity contribution in [3.8, 4) is 12.3 Å². The van der Waals surface area contributed by atoms with E-state index < -0.39 is 0 Å². The normalized spacial score (nSPS) is 14.9.